The van der Waals surface area contributed by atoms with E-state index in [1.54, 1.807) is 12.1 Å². The average Bonchev–Trinajstić information content (AvgIpc) is 2.57. The van der Waals surface area contributed by atoms with Gasteiger partial charge in [-0.2, -0.15) is 0 Å². The predicted octanol–water partition coefficient (Wildman–Crippen LogP) is 3.59. The lowest BCUT2D eigenvalue weighted by Crippen LogP contribution is -2.23. The minimum Gasteiger partial charge on any atom is -0.494 e. The third kappa shape index (κ3) is 5.99. The maximum Gasteiger partial charge on any atom is 0.193 e. The van der Waals surface area contributed by atoms with E-state index in [9.17, 15) is 4.39 Å². The molecule has 25 heavy (non-hydrogen) atoms. The van der Waals surface area contributed by atoms with E-state index < -0.39 is 0 Å². The number of nitrogens with two attached hydrogens (primary N) is 1. The van der Waals surface area contributed by atoms with Gasteiger partial charge in [-0.25, -0.2) is 4.39 Å². The van der Waals surface area contributed by atoms with Gasteiger partial charge in [0.1, 0.15) is 5.75 Å². The van der Waals surface area contributed by atoms with Crippen molar-refractivity contribution in [3.8, 4) is 11.5 Å². The Kier molecular flexibility index (Phi) is 6.62. The third-order valence-electron chi connectivity index (χ3n) is 3.40. The summed E-state index contributed by atoms with van der Waals surface area (Å²) >= 11 is 0. The summed E-state index contributed by atoms with van der Waals surface area (Å²) in [4.78, 5) is 4.28. The summed E-state index contributed by atoms with van der Waals surface area (Å²) in [6.07, 6.45) is 0.774. The molecular weight excluding hydrogens is 321 g/mol. The van der Waals surface area contributed by atoms with Crippen molar-refractivity contribution < 1.29 is 13.9 Å². The molecule has 6 heteroatoms. The first-order valence-electron chi connectivity index (χ1n) is 8.14. The minimum absolute atomic E-state index is 0.135. The van der Waals surface area contributed by atoms with Crippen molar-refractivity contribution in [3.05, 3.63) is 53.8 Å². The number of nitrogens with zero attached hydrogens (tertiary/aromatic N) is 1. The lowest BCUT2D eigenvalue weighted by atomic mass is 10.1. The van der Waals surface area contributed by atoms with Crippen molar-refractivity contribution in [2.45, 2.75) is 26.4 Å². The summed E-state index contributed by atoms with van der Waals surface area (Å²) in [7, 11) is 1.44. The van der Waals surface area contributed by atoms with Gasteiger partial charge in [-0.3, -0.25) is 4.99 Å². The normalized spacial score (nSPS) is 11.5. The van der Waals surface area contributed by atoms with E-state index in [1.165, 1.54) is 13.2 Å². The summed E-state index contributed by atoms with van der Waals surface area (Å²) in [5, 5.41) is 3.03. The second kappa shape index (κ2) is 8.92. The van der Waals surface area contributed by atoms with Gasteiger partial charge >= 0.3 is 0 Å². The van der Waals surface area contributed by atoms with Gasteiger partial charge in [0.2, 0.25) is 0 Å². The molecule has 0 unspecified atom stereocenters. The molecular formula is C19H24FN3O2. The monoisotopic (exact) mass is 345 g/mol. The van der Waals surface area contributed by atoms with E-state index in [2.05, 4.69) is 10.3 Å². The van der Waals surface area contributed by atoms with Gasteiger partial charge in [0.15, 0.2) is 17.5 Å². The van der Waals surface area contributed by atoms with Gasteiger partial charge in [0.05, 0.1) is 13.2 Å². The minimum atomic E-state index is -0.374. The van der Waals surface area contributed by atoms with Gasteiger partial charge in [0, 0.05) is 12.2 Å². The van der Waals surface area contributed by atoms with Crippen LogP contribution in [-0.2, 0) is 6.42 Å². The fourth-order valence-corrected chi connectivity index (χ4v) is 2.24. The number of ether oxygens (including phenoxy) is 2. The molecule has 0 radical (unpaired) electrons. The fraction of sp³-hybridized carbons (Fsp3) is 0.316. The van der Waals surface area contributed by atoms with Crippen molar-refractivity contribution in [3.63, 3.8) is 0 Å². The van der Waals surface area contributed by atoms with Crippen LogP contribution in [-0.4, -0.2) is 25.7 Å². The number of hydrogen-bond donors (Lipinski definition) is 2. The zero-order chi connectivity index (χ0) is 18.2. The fourth-order valence-electron chi connectivity index (χ4n) is 2.24. The van der Waals surface area contributed by atoms with Crippen molar-refractivity contribution in [2.75, 3.05) is 19.0 Å². The zero-order valence-corrected chi connectivity index (χ0v) is 14.8. The molecule has 0 aliphatic rings. The molecule has 0 aliphatic heterocycles. The van der Waals surface area contributed by atoms with Crippen LogP contribution in [0.3, 0.4) is 0 Å². The number of aliphatic imine (C=N–C) groups is 1. The number of anilines is 1. The number of guanidine groups is 1. The summed E-state index contributed by atoms with van der Waals surface area (Å²) < 4.78 is 23.9. The van der Waals surface area contributed by atoms with E-state index in [0.29, 0.717) is 18.9 Å². The molecule has 0 heterocycles. The van der Waals surface area contributed by atoms with Crippen LogP contribution in [0.15, 0.2) is 47.5 Å². The largest absolute Gasteiger partial charge is 0.494 e. The molecule has 0 fully saturated rings. The van der Waals surface area contributed by atoms with Crippen LogP contribution in [0, 0.1) is 5.82 Å². The number of hydrogen-bond acceptors (Lipinski definition) is 3. The summed E-state index contributed by atoms with van der Waals surface area (Å²) in [5.41, 5.74) is 7.66. The topological polar surface area (TPSA) is 68.9 Å². The van der Waals surface area contributed by atoms with E-state index in [-0.39, 0.29) is 17.7 Å². The molecule has 0 amide bonds. The van der Waals surface area contributed by atoms with Crippen LogP contribution in [0.4, 0.5) is 10.1 Å². The third-order valence-corrected chi connectivity index (χ3v) is 3.40. The van der Waals surface area contributed by atoms with Crippen molar-refractivity contribution in [1.82, 2.24) is 0 Å². The zero-order valence-electron chi connectivity index (χ0n) is 14.8. The summed E-state index contributed by atoms with van der Waals surface area (Å²) in [6, 6.07) is 12.3. The Labute approximate surface area is 147 Å². The average molecular weight is 345 g/mol. The summed E-state index contributed by atoms with van der Waals surface area (Å²) in [5.74, 6) is 0.991. The van der Waals surface area contributed by atoms with Crippen LogP contribution in [0.2, 0.25) is 0 Å². The molecule has 0 saturated carbocycles. The van der Waals surface area contributed by atoms with E-state index in [0.717, 1.165) is 17.0 Å². The maximum absolute atomic E-state index is 13.4. The first-order chi connectivity index (χ1) is 12.0. The predicted molar refractivity (Wildman–Crippen MR) is 99.0 cm³/mol. The molecule has 0 aliphatic carbocycles. The highest BCUT2D eigenvalue weighted by Crippen LogP contribution is 2.19. The number of halogens is 1. The molecule has 0 aromatic heterocycles. The van der Waals surface area contributed by atoms with E-state index >= 15 is 0 Å². The number of nitrogens with one attached hydrogen (secondary N) is 1. The molecule has 0 spiro atoms. The Morgan fingerprint density at radius 2 is 1.92 bits per heavy atom. The van der Waals surface area contributed by atoms with Crippen LogP contribution in [0.5, 0.6) is 11.5 Å². The van der Waals surface area contributed by atoms with Gasteiger partial charge in [0.25, 0.3) is 0 Å². The lowest BCUT2D eigenvalue weighted by Gasteiger charge is -2.11. The van der Waals surface area contributed by atoms with Crippen LogP contribution in [0.25, 0.3) is 0 Å². The van der Waals surface area contributed by atoms with Crippen LogP contribution in [0.1, 0.15) is 19.4 Å². The van der Waals surface area contributed by atoms with Crippen molar-refractivity contribution >= 4 is 11.6 Å². The van der Waals surface area contributed by atoms with Crippen LogP contribution >= 0.6 is 0 Å². The molecule has 2 aromatic rings. The molecule has 3 N–H and O–H groups in total. The van der Waals surface area contributed by atoms with Crippen molar-refractivity contribution in [1.29, 1.82) is 0 Å². The number of rotatable bonds is 7. The highest BCUT2D eigenvalue weighted by Gasteiger charge is 2.03. The molecule has 2 rings (SSSR count). The Bertz CT molecular complexity index is 715. The number of benzene rings is 2. The van der Waals surface area contributed by atoms with Crippen molar-refractivity contribution in [2.24, 2.45) is 10.7 Å². The van der Waals surface area contributed by atoms with Gasteiger partial charge in [-0.15, -0.1) is 0 Å². The highest BCUT2D eigenvalue weighted by molar-refractivity contribution is 5.92. The summed E-state index contributed by atoms with van der Waals surface area (Å²) in [6.45, 7) is 4.45. The molecule has 2 aromatic carbocycles. The first kappa shape index (κ1) is 18.6. The Hall–Kier alpha value is -2.76. The van der Waals surface area contributed by atoms with E-state index in [1.807, 2.05) is 38.1 Å². The highest BCUT2D eigenvalue weighted by atomic mass is 19.1. The maximum atomic E-state index is 13.4. The Morgan fingerprint density at radius 1 is 1.20 bits per heavy atom. The Balaban J connectivity index is 1.87. The standard InChI is InChI=1S/C19H24FN3O2/c1-13(2)25-16-7-5-15(6-8-16)23-19(21)22-11-10-14-4-9-17(20)18(12-14)24-3/h4-9,12-13H,10-11H2,1-3H3,(H3,21,22,23). The quantitative estimate of drug-likeness (QED) is 0.594. The van der Waals surface area contributed by atoms with Gasteiger partial charge in [-0.05, 0) is 62.2 Å². The SMILES string of the molecule is COc1cc(CCN=C(N)Nc2ccc(OC(C)C)cc2)ccc1F. The molecule has 0 saturated heterocycles. The molecule has 0 bridgehead atoms. The smallest absolute Gasteiger partial charge is 0.193 e. The van der Waals surface area contributed by atoms with Gasteiger partial charge in [-0.1, -0.05) is 6.07 Å². The number of methoxy groups -OCH3 is 1. The molecule has 134 valence electrons. The second-order valence-corrected chi connectivity index (χ2v) is 5.80. The Morgan fingerprint density at radius 3 is 2.56 bits per heavy atom. The lowest BCUT2D eigenvalue weighted by molar-refractivity contribution is 0.242. The molecule has 0 atom stereocenters. The first-order valence-corrected chi connectivity index (χ1v) is 8.14. The van der Waals surface area contributed by atoms with E-state index in [4.69, 9.17) is 15.2 Å². The van der Waals surface area contributed by atoms with Crippen LogP contribution < -0.4 is 20.5 Å². The second-order valence-electron chi connectivity index (χ2n) is 5.80. The molecule has 5 nitrogen and oxygen atoms in total. The van der Waals surface area contributed by atoms with Gasteiger partial charge < -0.3 is 20.5 Å².